The summed E-state index contributed by atoms with van der Waals surface area (Å²) in [5.41, 5.74) is 3.18. The number of rotatable bonds is 6. The number of hydrogen-bond acceptors (Lipinski definition) is 5. The van der Waals surface area contributed by atoms with Crippen LogP contribution < -0.4 is 21.3 Å². The maximum atomic E-state index is 13.9. The lowest BCUT2D eigenvalue weighted by molar-refractivity contribution is -0.139. The van der Waals surface area contributed by atoms with E-state index in [4.69, 9.17) is 0 Å². The zero-order valence-electron chi connectivity index (χ0n) is 22.0. The Kier molecular flexibility index (Phi) is 6.87. The third-order valence-electron chi connectivity index (χ3n) is 8.20. The summed E-state index contributed by atoms with van der Waals surface area (Å²) in [6.07, 6.45) is 6.64. The number of amides is 3. The quantitative estimate of drug-likeness (QED) is 0.445. The minimum absolute atomic E-state index is 0.0292. The summed E-state index contributed by atoms with van der Waals surface area (Å²) in [4.78, 5) is 40.9. The zero-order valence-corrected chi connectivity index (χ0v) is 22.0. The average Bonchev–Trinajstić information content (AvgIpc) is 3.44. The maximum Gasteiger partial charge on any atom is 0.244 e. The van der Waals surface area contributed by atoms with Crippen LogP contribution in [0.1, 0.15) is 29.5 Å². The smallest absolute Gasteiger partial charge is 0.244 e. The molecule has 0 radical (unpaired) electrons. The van der Waals surface area contributed by atoms with Crippen LogP contribution in [-0.4, -0.2) is 48.8 Å². The second kappa shape index (κ2) is 10.5. The number of allylic oxidation sites excluding steroid dienone is 1. The lowest BCUT2D eigenvalue weighted by Gasteiger charge is -2.29. The molecule has 1 spiro atoms. The molecule has 10 heteroatoms. The highest BCUT2D eigenvalue weighted by atomic mass is 19.1. The highest BCUT2D eigenvalue weighted by molar-refractivity contribution is 5.96. The van der Waals surface area contributed by atoms with Crippen LogP contribution in [0, 0.1) is 23.0 Å². The maximum absolute atomic E-state index is 13.9. The van der Waals surface area contributed by atoms with Crippen molar-refractivity contribution in [2.24, 2.45) is 11.3 Å². The molecular weight excluding hydrogens is 516 g/mol. The SMILES string of the molecule is O=C(CN(Cc1cc(F)cc(F)c1)C(=O)C1CCCNC1)Nc1ccc2c(c1)CC1(C2)C(=O)NC2=C1C=CCN2. The number of carbonyl (C=O) groups is 3. The molecule has 2 aromatic rings. The van der Waals surface area contributed by atoms with Gasteiger partial charge >= 0.3 is 0 Å². The summed E-state index contributed by atoms with van der Waals surface area (Å²) >= 11 is 0. The van der Waals surface area contributed by atoms with Crippen LogP contribution in [0.2, 0.25) is 0 Å². The Hall–Kier alpha value is -4.05. The largest absolute Gasteiger partial charge is 0.368 e. The average molecular weight is 548 g/mol. The number of dihydropyridines is 1. The number of halogens is 2. The van der Waals surface area contributed by atoms with Gasteiger partial charge in [-0.1, -0.05) is 18.2 Å². The Morgan fingerprint density at radius 1 is 1.07 bits per heavy atom. The van der Waals surface area contributed by atoms with Gasteiger partial charge in [-0.2, -0.15) is 0 Å². The second-order valence-electron chi connectivity index (χ2n) is 11.0. The van der Waals surface area contributed by atoms with Gasteiger partial charge < -0.3 is 26.2 Å². The molecule has 4 aliphatic rings. The fourth-order valence-electron chi connectivity index (χ4n) is 6.32. The van der Waals surface area contributed by atoms with E-state index < -0.39 is 23.0 Å². The number of benzene rings is 2. The fourth-order valence-corrected chi connectivity index (χ4v) is 6.32. The van der Waals surface area contributed by atoms with Crippen molar-refractivity contribution in [2.45, 2.75) is 32.2 Å². The lowest BCUT2D eigenvalue weighted by atomic mass is 9.78. The molecule has 0 aromatic heterocycles. The molecule has 2 unspecified atom stereocenters. The topological polar surface area (TPSA) is 103 Å². The first-order valence-corrected chi connectivity index (χ1v) is 13.6. The monoisotopic (exact) mass is 547 g/mol. The molecule has 40 heavy (non-hydrogen) atoms. The fraction of sp³-hybridized carbons (Fsp3) is 0.367. The molecule has 4 N–H and O–H groups in total. The second-order valence-corrected chi connectivity index (χ2v) is 11.0. The van der Waals surface area contributed by atoms with Crippen LogP contribution in [0.25, 0.3) is 0 Å². The van der Waals surface area contributed by atoms with Gasteiger partial charge in [0.2, 0.25) is 17.7 Å². The molecule has 6 rings (SSSR count). The molecule has 0 bridgehead atoms. The number of piperidine rings is 1. The zero-order chi connectivity index (χ0) is 27.9. The van der Waals surface area contributed by atoms with Gasteiger partial charge in [0.1, 0.15) is 24.0 Å². The molecule has 0 saturated carbocycles. The van der Waals surface area contributed by atoms with Gasteiger partial charge in [0, 0.05) is 37.0 Å². The number of nitrogens with zero attached hydrogens (tertiary/aromatic N) is 1. The van der Waals surface area contributed by atoms with E-state index in [2.05, 4.69) is 21.3 Å². The van der Waals surface area contributed by atoms with Crippen LogP contribution in [0.3, 0.4) is 0 Å². The van der Waals surface area contributed by atoms with E-state index in [1.165, 1.54) is 17.0 Å². The van der Waals surface area contributed by atoms with Crippen molar-refractivity contribution in [1.29, 1.82) is 0 Å². The van der Waals surface area contributed by atoms with E-state index in [1.807, 2.05) is 24.3 Å². The molecule has 3 amide bonds. The molecule has 2 atom stereocenters. The molecule has 3 aliphatic heterocycles. The van der Waals surface area contributed by atoms with Crippen LogP contribution >= 0.6 is 0 Å². The predicted octanol–water partition coefficient (Wildman–Crippen LogP) is 2.52. The van der Waals surface area contributed by atoms with E-state index in [1.54, 1.807) is 6.07 Å². The van der Waals surface area contributed by atoms with Crippen molar-refractivity contribution in [3.63, 3.8) is 0 Å². The van der Waals surface area contributed by atoms with Crippen molar-refractivity contribution >= 4 is 23.4 Å². The third-order valence-corrected chi connectivity index (χ3v) is 8.20. The van der Waals surface area contributed by atoms with Crippen molar-refractivity contribution in [3.8, 4) is 0 Å². The summed E-state index contributed by atoms with van der Waals surface area (Å²) in [6.45, 7) is 1.65. The first-order chi connectivity index (χ1) is 19.3. The molecule has 1 aliphatic carbocycles. The number of anilines is 1. The lowest BCUT2D eigenvalue weighted by Crippen LogP contribution is -2.45. The van der Waals surface area contributed by atoms with Crippen molar-refractivity contribution in [1.82, 2.24) is 20.9 Å². The number of hydrogen-bond donors (Lipinski definition) is 4. The van der Waals surface area contributed by atoms with E-state index in [0.717, 1.165) is 41.6 Å². The Morgan fingerprint density at radius 3 is 2.65 bits per heavy atom. The van der Waals surface area contributed by atoms with Crippen LogP contribution in [0.15, 0.2) is 59.9 Å². The van der Waals surface area contributed by atoms with E-state index in [9.17, 15) is 23.2 Å². The van der Waals surface area contributed by atoms with Crippen molar-refractivity contribution in [3.05, 3.63) is 88.3 Å². The van der Waals surface area contributed by atoms with Gasteiger partial charge in [0.25, 0.3) is 0 Å². The van der Waals surface area contributed by atoms with Gasteiger partial charge in [-0.15, -0.1) is 0 Å². The predicted molar refractivity (Wildman–Crippen MR) is 145 cm³/mol. The molecule has 1 saturated heterocycles. The van der Waals surface area contributed by atoms with Crippen LogP contribution in [0.5, 0.6) is 0 Å². The minimum Gasteiger partial charge on any atom is -0.368 e. The number of nitrogens with one attached hydrogen (secondary N) is 4. The molecule has 2 aromatic carbocycles. The number of carbonyl (C=O) groups excluding carboxylic acids is 3. The highest BCUT2D eigenvalue weighted by Gasteiger charge is 2.51. The standard InChI is InChI=1S/C30H31F2N5O3/c31-22-9-18(10-23(32)12-22)16-37(28(39)20-3-1-7-33-15-20)17-26(38)35-24-6-5-19-13-30(14-21(19)11-24)25-4-2-8-34-27(25)36-29(30)40/h2,4-6,9-12,20,33-34H,1,3,7-8,13-17H2,(H,35,38)(H,36,40). The molecular formula is C30H31F2N5O3. The van der Waals surface area contributed by atoms with Gasteiger partial charge in [0.15, 0.2) is 0 Å². The molecule has 3 heterocycles. The van der Waals surface area contributed by atoms with Gasteiger partial charge in [-0.25, -0.2) is 8.78 Å². The van der Waals surface area contributed by atoms with E-state index >= 15 is 0 Å². The molecule has 1 fully saturated rings. The summed E-state index contributed by atoms with van der Waals surface area (Å²) in [5, 5.41) is 12.3. The number of fused-ring (bicyclic) bond motifs is 2. The summed E-state index contributed by atoms with van der Waals surface area (Å²) in [7, 11) is 0. The molecule has 8 nitrogen and oxygen atoms in total. The molecule has 208 valence electrons. The van der Waals surface area contributed by atoms with Crippen LogP contribution in [0.4, 0.5) is 14.5 Å². The van der Waals surface area contributed by atoms with E-state index in [0.29, 0.717) is 38.0 Å². The Labute approximate surface area is 230 Å². The summed E-state index contributed by atoms with van der Waals surface area (Å²) in [6, 6.07) is 8.73. The van der Waals surface area contributed by atoms with Gasteiger partial charge in [-0.3, -0.25) is 14.4 Å². The Bertz CT molecular complexity index is 1430. The van der Waals surface area contributed by atoms with Gasteiger partial charge in [0.05, 0.1) is 11.3 Å². The third kappa shape index (κ3) is 4.99. The minimum atomic E-state index is -0.736. The Balaban J connectivity index is 1.17. The summed E-state index contributed by atoms with van der Waals surface area (Å²) in [5.74, 6) is -1.68. The normalized spacial score (nSPS) is 22.9. The van der Waals surface area contributed by atoms with Crippen molar-refractivity contribution in [2.75, 3.05) is 31.5 Å². The van der Waals surface area contributed by atoms with Gasteiger partial charge in [-0.05, 0) is 73.2 Å². The van der Waals surface area contributed by atoms with Crippen LogP contribution in [-0.2, 0) is 33.8 Å². The first-order valence-electron chi connectivity index (χ1n) is 13.6. The first kappa shape index (κ1) is 26.2. The highest BCUT2D eigenvalue weighted by Crippen LogP contribution is 2.47. The summed E-state index contributed by atoms with van der Waals surface area (Å²) < 4.78 is 27.7. The van der Waals surface area contributed by atoms with Crippen molar-refractivity contribution < 1.29 is 23.2 Å². The van der Waals surface area contributed by atoms with E-state index in [-0.39, 0.29) is 36.4 Å². The Morgan fingerprint density at radius 2 is 1.88 bits per heavy atom.